The fourth-order valence-electron chi connectivity index (χ4n) is 1.09. The van der Waals surface area contributed by atoms with Crippen molar-refractivity contribution in [1.82, 2.24) is 0 Å². The Balaban J connectivity index is 3.02. The normalized spacial score (nSPS) is 12.5. The van der Waals surface area contributed by atoms with Gasteiger partial charge in [-0.25, -0.2) is 0 Å². The smallest absolute Gasteiger partial charge is 0.0481 e. The van der Waals surface area contributed by atoms with Crippen molar-refractivity contribution in [1.29, 1.82) is 0 Å². The lowest BCUT2D eigenvalue weighted by molar-refractivity contribution is 0.902. The van der Waals surface area contributed by atoms with Crippen LogP contribution in [-0.4, -0.2) is 0 Å². The van der Waals surface area contributed by atoms with Gasteiger partial charge < -0.3 is 5.73 Å². The maximum Gasteiger partial charge on any atom is 0.0481 e. The lowest BCUT2D eigenvalue weighted by atomic mass is 10.0. The molecule has 0 spiro atoms. The Hall–Kier alpha value is -1.08. The summed E-state index contributed by atoms with van der Waals surface area (Å²) < 4.78 is 0. The maximum atomic E-state index is 5.78. The van der Waals surface area contributed by atoms with Crippen LogP contribution < -0.4 is 5.73 Å². The topological polar surface area (TPSA) is 26.0 Å². The number of hydrogen-bond acceptors (Lipinski definition) is 1. The zero-order chi connectivity index (χ0) is 8.27. The molecule has 1 atom stereocenters. The van der Waals surface area contributed by atoms with Crippen LogP contribution in [0.3, 0.4) is 0 Å². The van der Waals surface area contributed by atoms with Crippen LogP contribution >= 0.6 is 0 Å². The first-order valence-electron chi connectivity index (χ1n) is 3.69. The van der Waals surface area contributed by atoms with Gasteiger partial charge in [0.05, 0.1) is 0 Å². The third kappa shape index (κ3) is 1.69. The molecule has 58 valence electrons. The summed E-state index contributed by atoms with van der Waals surface area (Å²) in [6.45, 7) is 5.71. The van der Waals surface area contributed by atoms with Crippen LogP contribution in [0.4, 0.5) is 0 Å². The minimum atomic E-state index is -0.0313. The van der Waals surface area contributed by atoms with E-state index >= 15 is 0 Å². The second-order valence-electron chi connectivity index (χ2n) is 2.62. The standard InChI is InChI=1S/C10H13N/c1-3-10(11)9-7-5-4-6-8(9)2/h3-7,10H,1,11H2,2H3/t10-/m1/s1. The van der Waals surface area contributed by atoms with Gasteiger partial charge in [0, 0.05) is 6.04 Å². The van der Waals surface area contributed by atoms with Crippen molar-refractivity contribution in [2.75, 3.05) is 0 Å². The number of nitrogens with two attached hydrogens (primary N) is 1. The van der Waals surface area contributed by atoms with Crippen molar-refractivity contribution in [3.8, 4) is 0 Å². The average Bonchev–Trinajstić information content (AvgIpc) is 2.04. The molecule has 2 N–H and O–H groups in total. The van der Waals surface area contributed by atoms with Crippen LogP contribution in [0.1, 0.15) is 17.2 Å². The average molecular weight is 147 g/mol. The van der Waals surface area contributed by atoms with E-state index in [-0.39, 0.29) is 6.04 Å². The van der Waals surface area contributed by atoms with Crippen molar-refractivity contribution in [2.45, 2.75) is 13.0 Å². The van der Waals surface area contributed by atoms with E-state index in [1.165, 1.54) is 5.56 Å². The van der Waals surface area contributed by atoms with Crippen LogP contribution in [0.25, 0.3) is 0 Å². The summed E-state index contributed by atoms with van der Waals surface area (Å²) >= 11 is 0. The minimum Gasteiger partial charge on any atom is -0.321 e. The van der Waals surface area contributed by atoms with E-state index in [1.807, 2.05) is 18.2 Å². The van der Waals surface area contributed by atoms with Gasteiger partial charge in [-0.3, -0.25) is 0 Å². The molecule has 0 heterocycles. The summed E-state index contributed by atoms with van der Waals surface area (Å²) in [5, 5.41) is 0. The van der Waals surface area contributed by atoms with E-state index in [0.29, 0.717) is 0 Å². The Morgan fingerprint density at radius 1 is 1.45 bits per heavy atom. The molecule has 1 rings (SSSR count). The van der Waals surface area contributed by atoms with E-state index in [9.17, 15) is 0 Å². The van der Waals surface area contributed by atoms with E-state index in [4.69, 9.17) is 5.73 Å². The van der Waals surface area contributed by atoms with Gasteiger partial charge in [-0.2, -0.15) is 0 Å². The van der Waals surface area contributed by atoms with Crippen molar-refractivity contribution in [2.24, 2.45) is 5.73 Å². The van der Waals surface area contributed by atoms with Crippen LogP contribution in [0.15, 0.2) is 36.9 Å². The molecule has 0 bridgehead atoms. The highest BCUT2D eigenvalue weighted by atomic mass is 14.6. The molecule has 0 radical (unpaired) electrons. The summed E-state index contributed by atoms with van der Waals surface area (Å²) in [4.78, 5) is 0. The monoisotopic (exact) mass is 147 g/mol. The van der Waals surface area contributed by atoms with E-state index in [2.05, 4.69) is 19.6 Å². The molecule has 0 fully saturated rings. The summed E-state index contributed by atoms with van der Waals surface area (Å²) in [5.41, 5.74) is 8.15. The van der Waals surface area contributed by atoms with Crippen molar-refractivity contribution >= 4 is 0 Å². The molecule has 0 amide bonds. The van der Waals surface area contributed by atoms with Gasteiger partial charge in [0.25, 0.3) is 0 Å². The molecule has 0 saturated carbocycles. The summed E-state index contributed by atoms with van der Waals surface area (Å²) in [7, 11) is 0. The Bertz CT molecular complexity index is 253. The van der Waals surface area contributed by atoms with Gasteiger partial charge in [0.2, 0.25) is 0 Å². The first-order valence-corrected chi connectivity index (χ1v) is 3.69. The van der Waals surface area contributed by atoms with Crippen LogP contribution in [0.5, 0.6) is 0 Å². The molecule has 0 aliphatic heterocycles. The van der Waals surface area contributed by atoms with Crippen LogP contribution in [0.2, 0.25) is 0 Å². The molecule has 1 heteroatoms. The van der Waals surface area contributed by atoms with Crippen molar-refractivity contribution in [3.63, 3.8) is 0 Å². The lowest BCUT2D eigenvalue weighted by Gasteiger charge is -2.08. The highest BCUT2D eigenvalue weighted by molar-refractivity contribution is 5.30. The Kier molecular flexibility index (Phi) is 2.44. The Labute approximate surface area is 67.5 Å². The summed E-state index contributed by atoms with van der Waals surface area (Å²) in [6, 6.07) is 8.05. The second-order valence-corrected chi connectivity index (χ2v) is 2.62. The number of rotatable bonds is 2. The number of benzene rings is 1. The zero-order valence-corrected chi connectivity index (χ0v) is 6.75. The van der Waals surface area contributed by atoms with Crippen molar-refractivity contribution in [3.05, 3.63) is 48.0 Å². The third-order valence-corrected chi connectivity index (χ3v) is 1.80. The van der Waals surface area contributed by atoms with Crippen LogP contribution in [-0.2, 0) is 0 Å². The van der Waals surface area contributed by atoms with E-state index in [1.54, 1.807) is 6.08 Å². The molecule has 1 nitrogen and oxygen atoms in total. The molecular formula is C10H13N. The molecule has 0 unspecified atom stereocenters. The molecular weight excluding hydrogens is 134 g/mol. The molecule has 0 aromatic heterocycles. The largest absolute Gasteiger partial charge is 0.321 e. The fourth-order valence-corrected chi connectivity index (χ4v) is 1.09. The van der Waals surface area contributed by atoms with Crippen LogP contribution in [0, 0.1) is 6.92 Å². The highest BCUT2D eigenvalue weighted by Crippen LogP contribution is 2.14. The minimum absolute atomic E-state index is 0.0313. The van der Waals surface area contributed by atoms with Gasteiger partial charge in [-0.15, -0.1) is 6.58 Å². The molecule has 0 saturated heterocycles. The summed E-state index contributed by atoms with van der Waals surface area (Å²) in [6.07, 6.45) is 1.75. The molecule has 0 aliphatic carbocycles. The zero-order valence-electron chi connectivity index (χ0n) is 6.75. The van der Waals surface area contributed by atoms with E-state index < -0.39 is 0 Å². The second kappa shape index (κ2) is 3.35. The SMILES string of the molecule is C=C[C@@H](N)c1ccccc1C. The Morgan fingerprint density at radius 2 is 2.09 bits per heavy atom. The van der Waals surface area contributed by atoms with Gasteiger partial charge in [-0.05, 0) is 18.1 Å². The predicted octanol–water partition coefficient (Wildman–Crippen LogP) is 2.18. The first kappa shape index (κ1) is 8.02. The van der Waals surface area contributed by atoms with Gasteiger partial charge in [0.1, 0.15) is 0 Å². The molecule has 1 aromatic rings. The molecule has 1 aromatic carbocycles. The lowest BCUT2D eigenvalue weighted by Crippen LogP contribution is -2.07. The highest BCUT2D eigenvalue weighted by Gasteiger charge is 2.01. The Morgan fingerprint density at radius 3 is 2.64 bits per heavy atom. The molecule has 0 aliphatic rings. The van der Waals surface area contributed by atoms with Gasteiger partial charge in [0.15, 0.2) is 0 Å². The fraction of sp³-hybridized carbons (Fsp3) is 0.200. The van der Waals surface area contributed by atoms with Gasteiger partial charge in [-0.1, -0.05) is 30.3 Å². The van der Waals surface area contributed by atoms with Crippen molar-refractivity contribution < 1.29 is 0 Å². The third-order valence-electron chi connectivity index (χ3n) is 1.80. The number of hydrogen-bond donors (Lipinski definition) is 1. The van der Waals surface area contributed by atoms with E-state index in [0.717, 1.165) is 5.56 Å². The maximum absolute atomic E-state index is 5.78. The quantitative estimate of drug-likeness (QED) is 0.637. The summed E-state index contributed by atoms with van der Waals surface area (Å²) in [5.74, 6) is 0. The first-order chi connectivity index (χ1) is 5.25. The predicted molar refractivity (Wildman–Crippen MR) is 48.3 cm³/mol. The molecule has 11 heavy (non-hydrogen) atoms. The van der Waals surface area contributed by atoms with Gasteiger partial charge >= 0.3 is 0 Å². The number of aryl methyl sites for hydroxylation is 1.